The normalized spacial score (nSPS) is 13.1. The highest BCUT2D eigenvalue weighted by atomic mass is 19.4. The average molecular weight is 287 g/mol. The summed E-state index contributed by atoms with van der Waals surface area (Å²) in [5, 5.41) is 7.87. The van der Waals surface area contributed by atoms with Crippen LogP contribution in [0.3, 0.4) is 0 Å². The summed E-state index contributed by atoms with van der Waals surface area (Å²) in [4.78, 5) is 0. The molecule has 1 rings (SSSR count). The predicted molar refractivity (Wildman–Crippen MR) is 73.1 cm³/mol. The standard InChI is InChI=1S/C15H20F3NO/c1-3-5-8-12(14(19)20-4-2)11-9-6-7-10-13(11)15(16,17)18/h6-7,9-10,12,19H,3-5,8H2,1-2H3/t12-/m0/s1. The van der Waals surface area contributed by atoms with Crippen LogP contribution in [0.5, 0.6) is 0 Å². The highest BCUT2D eigenvalue weighted by Gasteiger charge is 2.36. The SMILES string of the molecule is CCCC[C@H](C(=N)OCC)c1ccccc1C(F)(F)F. The molecule has 0 aliphatic heterocycles. The number of nitrogens with one attached hydrogen (secondary N) is 1. The van der Waals surface area contributed by atoms with Gasteiger partial charge in [-0.25, -0.2) is 0 Å². The fraction of sp³-hybridized carbons (Fsp3) is 0.533. The number of alkyl halides is 3. The van der Waals surface area contributed by atoms with Crippen LogP contribution >= 0.6 is 0 Å². The third-order valence-corrected chi connectivity index (χ3v) is 3.10. The van der Waals surface area contributed by atoms with Crippen molar-refractivity contribution >= 4 is 5.90 Å². The Hall–Kier alpha value is -1.52. The van der Waals surface area contributed by atoms with Crippen molar-refractivity contribution in [3.8, 4) is 0 Å². The molecule has 0 spiro atoms. The van der Waals surface area contributed by atoms with E-state index < -0.39 is 17.7 Å². The molecule has 0 saturated heterocycles. The molecule has 0 unspecified atom stereocenters. The molecule has 0 heterocycles. The van der Waals surface area contributed by atoms with Crippen LogP contribution in [-0.4, -0.2) is 12.5 Å². The third-order valence-electron chi connectivity index (χ3n) is 3.10. The molecule has 1 N–H and O–H groups in total. The molecule has 0 fully saturated rings. The number of hydrogen-bond donors (Lipinski definition) is 1. The van der Waals surface area contributed by atoms with Gasteiger partial charge in [-0.05, 0) is 25.0 Å². The number of ether oxygens (including phenoxy) is 1. The van der Waals surface area contributed by atoms with Crippen molar-refractivity contribution in [1.82, 2.24) is 0 Å². The van der Waals surface area contributed by atoms with Crippen LogP contribution in [0.25, 0.3) is 0 Å². The molecule has 1 aromatic rings. The van der Waals surface area contributed by atoms with Crippen LogP contribution in [-0.2, 0) is 10.9 Å². The summed E-state index contributed by atoms with van der Waals surface area (Å²) in [6.45, 7) is 3.98. The van der Waals surface area contributed by atoms with E-state index in [9.17, 15) is 13.2 Å². The van der Waals surface area contributed by atoms with Crippen molar-refractivity contribution in [2.75, 3.05) is 6.61 Å². The van der Waals surface area contributed by atoms with E-state index >= 15 is 0 Å². The Kier molecular flexibility index (Phi) is 6.05. The van der Waals surface area contributed by atoms with Crippen molar-refractivity contribution in [3.05, 3.63) is 35.4 Å². The van der Waals surface area contributed by atoms with Gasteiger partial charge in [-0.3, -0.25) is 5.41 Å². The van der Waals surface area contributed by atoms with Crippen LogP contribution in [0.15, 0.2) is 24.3 Å². The van der Waals surface area contributed by atoms with Gasteiger partial charge in [0.1, 0.15) is 0 Å². The number of benzene rings is 1. The molecule has 112 valence electrons. The van der Waals surface area contributed by atoms with E-state index in [0.717, 1.165) is 18.9 Å². The molecule has 0 aliphatic carbocycles. The zero-order chi connectivity index (χ0) is 15.2. The van der Waals surface area contributed by atoms with Crippen LogP contribution in [0.1, 0.15) is 50.2 Å². The van der Waals surface area contributed by atoms with Crippen LogP contribution in [0, 0.1) is 5.41 Å². The summed E-state index contributed by atoms with van der Waals surface area (Å²) in [5.74, 6) is -0.717. The van der Waals surface area contributed by atoms with Crippen molar-refractivity contribution in [1.29, 1.82) is 5.41 Å². The minimum absolute atomic E-state index is 0.0855. The van der Waals surface area contributed by atoms with Gasteiger partial charge in [0.2, 0.25) is 0 Å². The molecule has 0 bridgehead atoms. The van der Waals surface area contributed by atoms with E-state index in [1.54, 1.807) is 13.0 Å². The predicted octanol–water partition coefficient (Wildman–Crippen LogP) is 4.99. The smallest absolute Gasteiger partial charge is 0.416 e. The van der Waals surface area contributed by atoms with E-state index in [1.165, 1.54) is 12.1 Å². The van der Waals surface area contributed by atoms with Gasteiger partial charge in [-0.1, -0.05) is 38.0 Å². The lowest BCUT2D eigenvalue weighted by molar-refractivity contribution is -0.138. The molecule has 0 saturated carbocycles. The van der Waals surface area contributed by atoms with Crippen molar-refractivity contribution in [2.24, 2.45) is 0 Å². The van der Waals surface area contributed by atoms with Gasteiger partial charge >= 0.3 is 6.18 Å². The molecule has 0 amide bonds. The number of hydrogen-bond acceptors (Lipinski definition) is 2. The minimum Gasteiger partial charge on any atom is -0.481 e. The van der Waals surface area contributed by atoms with Gasteiger partial charge < -0.3 is 4.74 Å². The van der Waals surface area contributed by atoms with E-state index in [-0.39, 0.29) is 18.1 Å². The Morgan fingerprint density at radius 3 is 2.45 bits per heavy atom. The first-order valence-electron chi connectivity index (χ1n) is 6.79. The maximum atomic E-state index is 13.1. The summed E-state index contributed by atoms with van der Waals surface area (Å²) in [5.41, 5.74) is -0.544. The Labute approximate surface area is 117 Å². The highest BCUT2D eigenvalue weighted by molar-refractivity contribution is 5.81. The first kappa shape index (κ1) is 16.5. The zero-order valence-electron chi connectivity index (χ0n) is 11.8. The lowest BCUT2D eigenvalue weighted by Crippen LogP contribution is -2.20. The first-order valence-corrected chi connectivity index (χ1v) is 6.79. The van der Waals surface area contributed by atoms with E-state index in [0.29, 0.717) is 6.42 Å². The summed E-state index contributed by atoms with van der Waals surface area (Å²) in [6.07, 6.45) is -2.30. The molecule has 0 aliphatic rings. The fourth-order valence-corrected chi connectivity index (χ4v) is 2.15. The quantitative estimate of drug-likeness (QED) is 0.580. The second kappa shape index (κ2) is 7.31. The molecular weight excluding hydrogens is 267 g/mol. The highest BCUT2D eigenvalue weighted by Crippen LogP contribution is 2.37. The lowest BCUT2D eigenvalue weighted by atomic mass is 9.89. The van der Waals surface area contributed by atoms with E-state index in [1.807, 2.05) is 6.92 Å². The van der Waals surface area contributed by atoms with Crippen LogP contribution in [0.4, 0.5) is 13.2 Å². The molecular formula is C15H20F3NO. The molecule has 0 radical (unpaired) electrons. The van der Waals surface area contributed by atoms with Crippen LogP contribution < -0.4 is 0 Å². The molecule has 0 aromatic heterocycles. The van der Waals surface area contributed by atoms with Crippen molar-refractivity contribution < 1.29 is 17.9 Å². The Morgan fingerprint density at radius 2 is 1.90 bits per heavy atom. The van der Waals surface area contributed by atoms with Gasteiger partial charge in [0.05, 0.1) is 18.1 Å². The number of unbranched alkanes of at least 4 members (excludes halogenated alkanes) is 1. The maximum Gasteiger partial charge on any atom is 0.416 e. The summed E-state index contributed by atoms with van der Waals surface area (Å²) in [6, 6.07) is 5.44. The largest absolute Gasteiger partial charge is 0.481 e. The van der Waals surface area contributed by atoms with Gasteiger partial charge in [0, 0.05) is 0 Å². The summed E-state index contributed by atoms with van der Waals surface area (Å²) >= 11 is 0. The second-order valence-corrected chi connectivity index (χ2v) is 4.58. The van der Waals surface area contributed by atoms with Gasteiger partial charge in [0.25, 0.3) is 0 Å². The topological polar surface area (TPSA) is 33.1 Å². The molecule has 2 nitrogen and oxygen atoms in total. The molecule has 1 aromatic carbocycles. The molecule has 20 heavy (non-hydrogen) atoms. The zero-order valence-corrected chi connectivity index (χ0v) is 11.8. The van der Waals surface area contributed by atoms with E-state index in [2.05, 4.69) is 0 Å². The van der Waals surface area contributed by atoms with Crippen molar-refractivity contribution in [3.63, 3.8) is 0 Å². The van der Waals surface area contributed by atoms with Gasteiger partial charge in [-0.15, -0.1) is 0 Å². The first-order chi connectivity index (χ1) is 9.41. The average Bonchev–Trinajstić information content (AvgIpc) is 2.39. The van der Waals surface area contributed by atoms with Gasteiger partial charge in [-0.2, -0.15) is 13.2 Å². The van der Waals surface area contributed by atoms with Crippen LogP contribution in [0.2, 0.25) is 0 Å². The summed E-state index contributed by atoms with van der Waals surface area (Å²) in [7, 11) is 0. The molecule has 5 heteroatoms. The number of rotatable bonds is 6. The third kappa shape index (κ3) is 4.25. The maximum absolute atomic E-state index is 13.1. The minimum atomic E-state index is -4.41. The van der Waals surface area contributed by atoms with E-state index in [4.69, 9.17) is 10.1 Å². The van der Waals surface area contributed by atoms with Crippen molar-refractivity contribution in [2.45, 2.75) is 45.2 Å². The Morgan fingerprint density at radius 1 is 1.25 bits per heavy atom. The molecule has 1 atom stereocenters. The fourth-order valence-electron chi connectivity index (χ4n) is 2.15. The Balaban J connectivity index is 3.16. The van der Waals surface area contributed by atoms with Gasteiger partial charge in [0.15, 0.2) is 5.90 Å². The Bertz CT molecular complexity index is 443. The monoisotopic (exact) mass is 287 g/mol. The summed E-state index contributed by atoms with van der Waals surface area (Å²) < 4.78 is 44.3. The lowest BCUT2D eigenvalue weighted by Gasteiger charge is -2.22. The second-order valence-electron chi connectivity index (χ2n) is 4.58. The number of halogens is 3.